The van der Waals surface area contributed by atoms with Gasteiger partial charge < -0.3 is 4.74 Å². The highest BCUT2D eigenvalue weighted by Gasteiger charge is 2.43. The second kappa shape index (κ2) is 10.1. The third kappa shape index (κ3) is 5.32. The number of sulfonamides is 1. The lowest BCUT2D eigenvalue weighted by Crippen LogP contribution is -2.31. The maximum absolute atomic E-state index is 13.2. The maximum atomic E-state index is 13.2. The smallest absolute Gasteiger partial charge is 0.312 e. The van der Waals surface area contributed by atoms with Gasteiger partial charge in [-0.05, 0) is 42.9 Å². The lowest BCUT2D eigenvalue weighted by molar-refractivity contribution is -0.145. The number of methoxy groups -OCH3 is 1. The molecular weight excluding hydrogens is 410 g/mol. The minimum absolute atomic E-state index is 0.119. The highest BCUT2D eigenvalue weighted by molar-refractivity contribution is 7.89. The number of esters is 1. The molecule has 1 saturated heterocycles. The molecule has 0 N–H and O–H groups in total. The third-order valence-corrected chi connectivity index (χ3v) is 7.65. The van der Waals surface area contributed by atoms with E-state index in [1.165, 1.54) is 17.0 Å². The Labute approximate surface area is 185 Å². The van der Waals surface area contributed by atoms with Gasteiger partial charge in [-0.3, -0.25) is 4.79 Å². The van der Waals surface area contributed by atoms with Gasteiger partial charge in [0.2, 0.25) is 10.0 Å². The molecule has 0 aromatic heterocycles. The maximum Gasteiger partial charge on any atom is 0.312 e. The second-order valence-electron chi connectivity index (χ2n) is 7.87. The topological polar surface area (TPSA) is 63.7 Å². The molecule has 0 aliphatic carbocycles. The summed E-state index contributed by atoms with van der Waals surface area (Å²) in [6.45, 7) is 6.27. The summed E-state index contributed by atoms with van der Waals surface area (Å²) < 4.78 is 32.9. The van der Waals surface area contributed by atoms with Gasteiger partial charge in [0.25, 0.3) is 0 Å². The van der Waals surface area contributed by atoms with Crippen molar-refractivity contribution in [3.8, 4) is 0 Å². The summed E-state index contributed by atoms with van der Waals surface area (Å²) in [5, 5.41) is 0. The van der Waals surface area contributed by atoms with Crippen LogP contribution in [0.5, 0.6) is 0 Å². The van der Waals surface area contributed by atoms with E-state index in [4.69, 9.17) is 4.74 Å². The summed E-state index contributed by atoms with van der Waals surface area (Å²) >= 11 is 0. The van der Waals surface area contributed by atoms with E-state index in [-0.39, 0.29) is 23.3 Å². The van der Waals surface area contributed by atoms with Crippen LogP contribution in [0.4, 0.5) is 0 Å². The number of benzene rings is 2. The molecule has 2 aromatic rings. The van der Waals surface area contributed by atoms with Crippen LogP contribution in [0, 0.1) is 24.7 Å². The molecule has 2 aromatic carbocycles. The van der Waals surface area contributed by atoms with Crippen LogP contribution in [0.3, 0.4) is 0 Å². The molecule has 0 unspecified atom stereocenters. The number of aryl methyl sites for hydroxylation is 1. The Kier molecular flexibility index (Phi) is 7.46. The molecule has 31 heavy (non-hydrogen) atoms. The van der Waals surface area contributed by atoms with E-state index in [1.807, 2.05) is 49.4 Å². The summed E-state index contributed by atoms with van der Waals surface area (Å²) in [5.74, 6) is -1.33. The van der Waals surface area contributed by atoms with Gasteiger partial charge in [0.15, 0.2) is 0 Å². The minimum atomic E-state index is -3.66. The van der Waals surface area contributed by atoms with E-state index in [2.05, 4.69) is 6.58 Å². The standard InChI is InChI=1S/C25H29NO4S/c1-4-23(25(27)30-3)24-18-26(31(28,29)22-15-13-19(2)14-16-22)17-21(24)12-8-11-20-9-6-5-7-10-20/h4-10,12-16,21,23-24H,1,11,17-18H2,2-3H3/b12-8+/t21-,23-,24-/m0/s1. The van der Waals surface area contributed by atoms with Gasteiger partial charge in [-0.25, -0.2) is 8.42 Å². The van der Waals surface area contributed by atoms with E-state index in [9.17, 15) is 13.2 Å². The van der Waals surface area contributed by atoms with E-state index in [1.54, 1.807) is 30.3 Å². The number of hydrogen-bond donors (Lipinski definition) is 0. The summed E-state index contributed by atoms with van der Waals surface area (Å²) in [5.41, 5.74) is 2.17. The lowest BCUT2D eigenvalue weighted by Gasteiger charge is -2.21. The predicted octanol–water partition coefficient (Wildman–Crippen LogP) is 4.01. The minimum Gasteiger partial charge on any atom is -0.469 e. The van der Waals surface area contributed by atoms with Crippen LogP contribution in [-0.2, 0) is 26.0 Å². The normalized spacial score (nSPS) is 20.6. The van der Waals surface area contributed by atoms with Gasteiger partial charge in [-0.2, -0.15) is 4.31 Å². The number of rotatable bonds is 8. The second-order valence-corrected chi connectivity index (χ2v) is 9.80. The molecule has 0 spiro atoms. The quantitative estimate of drug-likeness (QED) is 0.461. The molecule has 1 heterocycles. The first-order valence-corrected chi connectivity index (χ1v) is 11.8. The number of carbonyl (C=O) groups is 1. The summed E-state index contributed by atoms with van der Waals surface area (Å²) in [6, 6.07) is 16.9. The average Bonchev–Trinajstić information content (AvgIpc) is 3.20. The van der Waals surface area contributed by atoms with Crippen LogP contribution < -0.4 is 0 Å². The van der Waals surface area contributed by atoms with E-state index in [0.717, 1.165) is 12.0 Å². The molecule has 0 saturated carbocycles. The Hall–Kier alpha value is -2.70. The molecule has 0 bridgehead atoms. The SMILES string of the molecule is C=C[C@H](C(=O)OC)[C@H]1CN(S(=O)(=O)c2ccc(C)cc2)C[C@@H]1/C=C/Cc1ccccc1. The molecule has 1 aliphatic heterocycles. The molecule has 1 fully saturated rings. The zero-order valence-corrected chi connectivity index (χ0v) is 18.8. The summed E-state index contributed by atoms with van der Waals surface area (Å²) in [7, 11) is -2.32. The van der Waals surface area contributed by atoms with Gasteiger partial charge in [0.05, 0.1) is 17.9 Å². The lowest BCUT2D eigenvalue weighted by atomic mass is 9.83. The molecular formula is C25H29NO4S. The first kappa shape index (κ1) is 23.0. The van der Waals surface area contributed by atoms with Crippen LogP contribution in [0.15, 0.2) is 84.3 Å². The number of carbonyl (C=O) groups excluding carboxylic acids is 1. The molecule has 164 valence electrons. The molecule has 0 radical (unpaired) electrons. The van der Waals surface area contributed by atoms with Gasteiger partial charge >= 0.3 is 5.97 Å². The largest absolute Gasteiger partial charge is 0.469 e. The van der Waals surface area contributed by atoms with E-state index < -0.39 is 21.9 Å². The first-order chi connectivity index (χ1) is 14.9. The number of nitrogens with zero attached hydrogens (tertiary/aromatic N) is 1. The third-order valence-electron chi connectivity index (χ3n) is 5.81. The zero-order chi connectivity index (χ0) is 22.4. The molecule has 3 atom stereocenters. The van der Waals surface area contributed by atoms with Crippen molar-refractivity contribution < 1.29 is 17.9 Å². The monoisotopic (exact) mass is 439 g/mol. The van der Waals surface area contributed by atoms with Gasteiger partial charge in [-0.15, -0.1) is 6.58 Å². The fourth-order valence-corrected chi connectivity index (χ4v) is 5.54. The Bertz CT molecular complexity index is 1030. The highest BCUT2D eigenvalue weighted by Crippen LogP contribution is 2.35. The molecule has 3 rings (SSSR count). The van der Waals surface area contributed by atoms with Crippen LogP contribution >= 0.6 is 0 Å². The molecule has 6 heteroatoms. The van der Waals surface area contributed by atoms with Crippen LogP contribution in [0.25, 0.3) is 0 Å². The number of ether oxygens (including phenoxy) is 1. The Morgan fingerprint density at radius 1 is 1.16 bits per heavy atom. The van der Waals surface area contributed by atoms with Gasteiger partial charge in [0, 0.05) is 13.1 Å². The van der Waals surface area contributed by atoms with E-state index >= 15 is 0 Å². The fraction of sp³-hybridized carbons (Fsp3) is 0.320. The molecule has 1 aliphatic rings. The highest BCUT2D eigenvalue weighted by atomic mass is 32.2. The number of hydrogen-bond acceptors (Lipinski definition) is 4. The van der Waals surface area contributed by atoms with Crippen molar-refractivity contribution in [2.45, 2.75) is 18.2 Å². The Morgan fingerprint density at radius 2 is 1.84 bits per heavy atom. The molecule has 5 nitrogen and oxygen atoms in total. The summed E-state index contributed by atoms with van der Waals surface area (Å²) in [4.78, 5) is 12.6. The van der Waals surface area contributed by atoms with Crippen LogP contribution in [0.2, 0.25) is 0 Å². The zero-order valence-electron chi connectivity index (χ0n) is 18.0. The van der Waals surface area contributed by atoms with E-state index in [0.29, 0.717) is 6.54 Å². The number of allylic oxidation sites excluding steroid dienone is 1. The van der Waals surface area contributed by atoms with Crippen molar-refractivity contribution in [1.29, 1.82) is 0 Å². The first-order valence-electron chi connectivity index (χ1n) is 10.3. The van der Waals surface area contributed by atoms with Crippen molar-refractivity contribution in [2.75, 3.05) is 20.2 Å². The van der Waals surface area contributed by atoms with Crippen molar-refractivity contribution in [2.24, 2.45) is 17.8 Å². The van der Waals surface area contributed by atoms with Crippen molar-refractivity contribution in [1.82, 2.24) is 4.31 Å². The Balaban J connectivity index is 1.86. The predicted molar refractivity (Wildman–Crippen MR) is 122 cm³/mol. The fourth-order valence-electron chi connectivity index (χ4n) is 4.03. The van der Waals surface area contributed by atoms with Gasteiger partial charge in [0.1, 0.15) is 0 Å². The molecule has 0 amide bonds. The average molecular weight is 440 g/mol. The van der Waals surface area contributed by atoms with Crippen LogP contribution in [0.1, 0.15) is 11.1 Å². The van der Waals surface area contributed by atoms with Gasteiger partial charge in [-0.1, -0.05) is 66.3 Å². The Morgan fingerprint density at radius 3 is 2.45 bits per heavy atom. The summed E-state index contributed by atoms with van der Waals surface area (Å²) in [6.07, 6.45) is 6.39. The van der Waals surface area contributed by atoms with Crippen molar-refractivity contribution in [3.05, 3.63) is 90.5 Å². The van der Waals surface area contributed by atoms with Crippen molar-refractivity contribution >= 4 is 16.0 Å². The van der Waals surface area contributed by atoms with Crippen LogP contribution in [-0.4, -0.2) is 38.9 Å². The van der Waals surface area contributed by atoms with Crippen molar-refractivity contribution in [3.63, 3.8) is 0 Å².